The Morgan fingerprint density at radius 2 is 2.17 bits per heavy atom. The largest absolute Gasteiger partial charge is 0.381 e. The lowest BCUT2D eigenvalue weighted by Gasteiger charge is -2.38. The Hall–Kier alpha value is -0.870. The molecule has 100 valence electrons. The number of imidazole rings is 1. The quantitative estimate of drug-likeness (QED) is 0.865. The van der Waals surface area contributed by atoms with Gasteiger partial charge in [-0.2, -0.15) is 0 Å². The van der Waals surface area contributed by atoms with Gasteiger partial charge in [-0.25, -0.2) is 4.98 Å². The van der Waals surface area contributed by atoms with Crippen molar-refractivity contribution in [2.75, 3.05) is 19.8 Å². The van der Waals surface area contributed by atoms with Crippen LogP contribution >= 0.6 is 0 Å². The standard InChI is InChI=1S/C14H23N3O/c1-3-13-16-11-10-15-7-4-12(11)17(13)14(2)5-8-18-9-6-14/h15H,3-10H2,1-2H3. The van der Waals surface area contributed by atoms with Crippen LogP contribution in [-0.4, -0.2) is 29.3 Å². The highest BCUT2D eigenvalue weighted by Crippen LogP contribution is 2.33. The van der Waals surface area contributed by atoms with Crippen molar-refractivity contribution in [2.45, 2.75) is 51.6 Å². The lowest BCUT2D eigenvalue weighted by molar-refractivity contribution is 0.0271. The lowest BCUT2D eigenvalue weighted by atomic mass is 9.91. The van der Waals surface area contributed by atoms with Crippen LogP contribution in [0, 0.1) is 0 Å². The molecule has 4 heteroatoms. The second-order valence-corrected chi connectivity index (χ2v) is 5.65. The van der Waals surface area contributed by atoms with Crippen molar-refractivity contribution in [3.8, 4) is 0 Å². The van der Waals surface area contributed by atoms with E-state index in [1.165, 1.54) is 17.2 Å². The number of ether oxygens (including phenoxy) is 1. The highest BCUT2D eigenvalue weighted by molar-refractivity contribution is 5.23. The molecule has 0 unspecified atom stereocenters. The van der Waals surface area contributed by atoms with Gasteiger partial charge in [-0.1, -0.05) is 6.92 Å². The Balaban J connectivity index is 2.06. The number of hydrogen-bond donors (Lipinski definition) is 1. The second-order valence-electron chi connectivity index (χ2n) is 5.65. The molecule has 0 radical (unpaired) electrons. The molecule has 1 saturated heterocycles. The average molecular weight is 249 g/mol. The molecule has 4 nitrogen and oxygen atoms in total. The molecule has 0 bridgehead atoms. The molecule has 0 saturated carbocycles. The summed E-state index contributed by atoms with van der Waals surface area (Å²) < 4.78 is 8.08. The summed E-state index contributed by atoms with van der Waals surface area (Å²) in [6.45, 7) is 8.35. The molecule has 0 aromatic carbocycles. The molecule has 0 amide bonds. The smallest absolute Gasteiger partial charge is 0.109 e. The van der Waals surface area contributed by atoms with E-state index in [4.69, 9.17) is 9.72 Å². The van der Waals surface area contributed by atoms with Gasteiger partial charge in [-0.3, -0.25) is 0 Å². The molecule has 1 N–H and O–H groups in total. The molecule has 18 heavy (non-hydrogen) atoms. The van der Waals surface area contributed by atoms with Crippen molar-refractivity contribution in [1.82, 2.24) is 14.9 Å². The number of nitrogens with zero attached hydrogens (tertiary/aromatic N) is 2. The van der Waals surface area contributed by atoms with Gasteiger partial charge in [0.1, 0.15) is 5.82 Å². The van der Waals surface area contributed by atoms with Gasteiger partial charge in [0.15, 0.2) is 0 Å². The molecular weight excluding hydrogens is 226 g/mol. The SMILES string of the molecule is CCc1nc2c(n1C1(C)CCOCC1)CCNC2. The van der Waals surface area contributed by atoms with Gasteiger partial charge in [-0.15, -0.1) is 0 Å². The maximum atomic E-state index is 5.53. The maximum absolute atomic E-state index is 5.53. The molecule has 1 aromatic heterocycles. The van der Waals surface area contributed by atoms with E-state index in [0.29, 0.717) is 0 Å². The zero-order valence-electron chi connectivity index (χ0n) is 11.5. The summed E-state index contributed by atoms with van der Waals surface area (Å²) in [6, 6.07) is 0. The van der Waals surface area contributed by atoms with E-state index < -0.39 is 0 Å². The van der Waals surface area contributed by atoms with Crippen molar-refractivity contribution in [2.24, 2.45) is 0 Å². The Bertz CT molecular complexity index is 432. The van der Waals surface area contributed by atoms with Crippen LogP contribution in [0.4, 0.5) is 0 Å². The molecule has 2 aliphatic rings. The highest BCUT2D eigenvalue weighted by Gasteiger charge is 2.34. The zero-order valence-corrected chi connectivity index (χ0v) is 11.5. The molecule has 3 heterocycles. The molecule has 2 aliphatic heterocycles. The van der Waals surface area contributed by atoms with Gasteiger partial charge in [-0.05, 0) is 19.8 Å². The van der Waals surface area contributed by atoms with E-state index in [0.717, 1.165) is 52.0 Å². The van der Waals surface area contributed by atoms with Crippen molar-refractivity contribution >= 4 is 0 Å². The number of rotatable bonds is 2. The summed E-state index contributed by atoms with van der Waals surface area (Å²) >= 11 is 0. The molecule has 3 rings (SSSR count). The van der Waals surface area contributed by atoms with E-state index in [1.54, 1.807) is 0 Å². The van der Waals surface area contributed by atoms with Crippen molar-refractivity contribution in [3.05, 3.63) is 17.2 Å². The van der Waals surface area contributed by atoms with Gasteiger partial charge in [0, 0.05) is 50.4 Å². The van der Waals surface area contributed by atoms with E-state index in [9.17, 15) is 0 Å². The topological polar surface area (TPSA) is 39.1 Å². The van der Waals surface area contributed by atoms with E-state index >= 15 is 0 Å². The fraction of sp³-hybridized carbons (Fsp3) is 0.786. The van der Waals surface area contributed by atoms with Crippen LogP contribution in [0.5, 0.6) is 0 Å². The second kappa shape index (κ2) is 4.67. The van der Waals surface area contributed by atoms with Crippen LogP contribution in [0.3, 0.4) is 0 Å². The van der Waals surface area contributed by atoms with Crippen LogP contribution in [0.15, 0.2) is 0 Å². The summed E-state index contributed by atoms with van der Waals surface area (Å²) in [5.74, 6) is 1.26. The molecule has 0 atom stereocenters. The summed E-state index contributed by atoms with van der Waals surface area (Å²) in [7, 11) is 0. The van der Waals surface area contributed by atoms with Crippen LogP contribution in [0.25, 0.3) is 0 Å². The van der Waals surface area contributed by atoms with Crippen molar-refractivity contribution in [3.63, 3.8) is 0 Å². The fourth-order valence-corrected chi connectivity index (χ4v) is 3.28. The van der Waals surface area contributed by atoms with Crippen LogP contribution in [0.2, 0.25) is 0 Å². The zero-order chi connectivity index (χ0) is 12.6. The third-order valence-corrected chi connectivity index (χ3v) is 4.38. The number of nitrogens with one attached hydrogen (secondary N) is 1. The minimum atomic E-state index is 0.210. The molecule has 0 spiro atoms. The van der Waals surface area contributed by atoms with E-state index in [1.807, 2.05) is 0 Å². The predicted molar refractivity (Wildman–Crippen MR) is 70.7 cm³/mol. The first-order valence-corrected chi connectivity index (χ1v) is 7.13. The predicted octanol–water partition coefficient (Wildman–Crippen LogP) is 1.62. The Morgan fingerprint density at radius 3 is 2.89 bits per heavy atom. The van der Waals surface area contributed by atoms with Gasteiger partial charge < -0.3 is 14.6 Å². The van der Waals surface area contributed by atoms with Crippen molar-refractivity contribution < 1.29 is 4.74 Å². The Labute approximate surface area is 109 Å². The lowest BCUT2D eigenvalue weighted by Crippen LogP contribution is -2.40. The van der Waals surface area contributed by atoms with E-state index in [-0.39, 0.29) is 5.54 Å². The number of fused-ring (bicyclic) bond motifs is 1. The minimum Gasteiger partial charge on any atom is -0.381 e. The third-order valence-electron chi connectivity index (χ3n) is 4.38. The van der Waals surface area contributed by atoms with E-state index in [2.05, 4.69) is 23.7 Å². The maximum Gasteiger partial charge on any atom is 0.109 e. The first-order chi connectivity index (χ1) is 8.74. The van der Waals surface area contributed by atoms with Gasteiger partial charge >= 0.3 is 0 Å². The molecule has 0 aliphatic carbocycles. The summed E-state index contributed by atoms with van der Waals surface area (Å²) in [6.07, 6.45) is 4.34. The van der Waals surface area contributed by atoms with Gasteiger partial charge in [0.2, 0.25) is 0 Å². The Kier molecular flexibility index (Phi) is 3.16. The van der Waals surface area contributed by atoms with Gasteiger partial charge in [0.05, 0.1) is 5.69 Å². The minimum absolute atomic E-state index is 0.210. The molecular formula is C14H23N3O. The Morgan fingerprint density at radius 1 is 1.39 bits per heavy atom. The monoisotopic (exact) mass is 249 g/mol. The van der Waals surface area contributed by atoms with Crippen LogP contribution in [-0.2, 0) is 29.7 Å². The fourth-order valence-electron chi connectivity index (χ4n) is 3.28. The number of aromatic nitrogens is 2. The first kappa shape index (κ1) is 12.2. The number of aryl methyl sites for hydroxylation is 1. The van der Waals surface area contributed by atoms with Crippen LogP contribution < -0.4 is 5.32 Å². The molecule has 1 fully saturated rings. The van der Waals surface area contributed by atoms with Gasteiger partial charge in [0.25, 0.3) is 0 Å². The van der Waals surface area contributed by atoms with Crippen molar-refractivity contribution in [1.29, 1.82) is 0 Å². The molecule has 1 aromatic rings. The summed E-state index contributed by atoms with van der Waals surface area (Å²) in [5.41, 5.74) is 2.95. The first-order valence-electron chi connectivity index (χ1n) is 7.13. The summed E-state index contributed by atoms with van der Waals surface area (Å²) in [5, 5.41) is 3.42. The number of hydrogen-bond acceptors (Lipinski definition) is 3. The normalized spacial score (nSPS) is 22.8. The average Bonchev–Trinajstić information content (AvgIpc) is 2.78. The summed E-state index contributed by atoms with van der Waals surface area (Å²) in [4.78, 5) is 4.85. The third kappa shape index (κ3) is 1.88. The van der Waals surface area contributed by atoms with Crippen LogP contribution in [0.1, 0.15) is 43.9 Å². The highest BCUT2D eigenvalue weighted by atomic mass is 16.5.